The van der Waals surface area contributed by atoms with Crippen LogP contribution in [-0.2, 0) is 0 Å². The molecule has 0 spiro atoms. The molecule has 0 bridgehead atoms. The lowest BCUT2D eigenvalue weighted by molar-refractivity contribution is 0.269. The van der Waals surface area contributed by atoms with Crippen molar-refractivity contribution >= 4 is 33.8 Å². The zero-order valence-corrected chi connectivity index (χ0v) is 9.15. The van der Waals surface area contributed by atoms with Gasteiger partial charge >= 0.3 is 0 Å². The van der Waals surface area contributed by atoms with Gasteiger partial charge in [0, 0.05) is 4.70 Å². The second-order valence-electron chi connectivity index (χ2n) is 2.98. The second kappa shape index (κ2) is 4.75. The van der Waals surface area contributed by atoms with Crippen molar-refractivity contribution in [3.8, 4) is 0 Å². The quantitative estimate of drug-likeness (QED) is 0.830. The normalized spacial score (nSPS) is 12.4. The maximum Gasteiger partial charge on any atom is 0.0624 e. The van der Waals surface area contributed by atoms with Crippen molar-refractivity contribution in [2.45, 2.75) is 6.04 Å². The van der Waals surface area contributed by atoms with Crippen molar-refractivity contribution in [2.75, 3.05) is 6.61 Å². The summed E-state index contributed by atoms with van der Waals surface area (Å²) < 4.78 is 1.22. The van der Waals surface area contributed by atoms with Crippen molar-refractivity contribution in [1.29, 1.82) is 0 Å². The predicted octanol–water partition coefficient (Wildman–Crippen LogP) is 2.32. The van der Waals surface area contributed by atoms with Crippen molar-refractivity contribution in [3.63, 3.8) is 0 Å². The number of thiophene rings is 1. The van der Waals surface area contributed by atoms with E-state index in [0.29, 0.717) is 0 Å². The molecule has 0 saturated carbocycles. The molecule has 0 aliphatic heterocycles. The van der Waals surface area contributed by atoms with Gasteiger partial charge in [-0.2, -0.15) is 0 Å². The van der Waals surface area contributed by atoms with E-state index in [1.807, 2.05) is 23.6 Å². The Balaban J connectivity index is 0.000000980. The number of halogens is 1. The van der Waals surface area contributed by atoms with Crippen molar-refractivity contribution in [2.24, 2.45) is 5.73 Å². The maximum atomic E-state index is 8.95. The van der Waals surface area contributed by atoms with E-state index in [1.165, 1.54) is 4.70 Å². The number of hydrogen-bond donors (Lipinski definition) is 2. The molecule has 0 unspecified atom stereocenters. The smallest absolute Gasteiger partial charge is 0.0624 e. The minimum Gasteiger partial charge on any atom is -0.394 e. The first-order valence-electron chi connectivity index (χ1n) is 4.15. The fourth-order valence-corrected chi connectivity index (χ4v) is 2.41. The predicted molar refractivity (Wildman–Crippen MR) is 63.1 cm³/mol. The first-order chi connectivity index (χ1) is 6.33. The Bertz CT molecular complexity index is 415. The third kappa shape index (κ3) is 1.91. The fourth-order valence-electron chi connectivity index (χ4n) is 1.38. The molecule has 0 saturated heterocycles. The average Bonchev–Trinajstić information content (AvgIpc) is 2.60. The van der Waals surface area contributed by atoms with Crippen LogP contribution in [0.3, 0.4) is 0 Å². The van der Waals surface area contributed by atoms with Crippen LogP contribution in [0.25, 0.3) is 10.1 Å². The van der Waals surface area contributed by atoms with E-state index in [2.05, 4.69) is 6.07 Å². The molecule has 1 heterocycles. The molecule has 1 aromatic carbocycles. The van der Waals surface area contributed by atoms with Gasteiger partial charge in [-0.1, -0.05) is 18.2 Å². The summed E-state index contributed by atoms with van der Waals surface area (Å²) in [6.45, 7) is 0.000722. The Morgan fingerprint density at radius 1 is 1.36 bits per heavy atom. The van der Waals surface area contributed by atoms with Crippen molar-refractivity contribution in [3.05, 3.63) is 35.2 Å². The third-order valence-corrected chi connectivity index (χ3v) is 3.09. The Labute approximate surface area is 92.8 Å². The van der Waals surface area contributed by atoms with Crippen LogP contribution in [0.15, 0.2) is 29.6 Å². The van der Waals surface area contributed by atoms with Gasteiger partial charge in [0.2, 0.25) is 0 Å². The van der Waals surface area contributed by atoms with Crippen LogP contribution in [0.5, 0.6) is 0 Å². The molecule has 2 rings (SSSR count). The molecule has 4 heteroatoms. The van der Waals surface area contributed by atoms with Gasteiger partial charge in [0.25, 0.3) is 0 Å². The molecule has 0 amide bonds. The van der Waals surface area contributed by atoms with Gasteiger partial charge in [0.05, 0.1) is 12.6 Å². The summed E-state index contributed by atoms with van der Waals surface area (Å²) >= 11 is 1.67. The number of aliphatic hydroxyl groups excluding tert-OH is 1. The molecule has 0 radical (unpaired) electrons. The van der Waals surface area contributed by atoms with Crippen LogP contribution < -0.4 is 5.73 Å². The minimum atomic E-state index is -0.254. The molecule has 1 atom stereocenters. The lowest BCUT2D eigenvalue weighted by Crippen LogP contribution is -2.13. The summed E-state index contributed by atoms with van der Waals surface area (Å²) in [4.78, 5) is 0. The van der Waals surface area contributed by atoms with Crippen molar-refractivity contribution in [1.82, 2.24) is 0 Å². The highest BCUT2D eigenvalue weighted by Crippen LogP contribution is 2.28. The Kier molecular flexibility index (Phi) is 3.89. The fraction of sp³-hybridized carbons (Fsp3) is 0.200. The standard InChI is InChI=1S/C10H11NOS.ClH/c11-9(5-12)8-6-13-10-4-2-1-3-7(8)10;/h1-4,6,9,12H,5,11H2;1H/t9-;/m0./s1. The number of fused-ring (bicyclic) bond motifs is 1. The molecule has 0 aliphatic carbocycles. The number of hydrogen-bond acceptors (Lipinski definition) is 3. The van der Waals surface area contributed by atoms with E-state index in [9.17, 15) is 0 Å². The van der Waals surface area contributed by atoms with E-state index in [0.717, 1.165) is 10.9 Å². The molecule has 0 aliphatic rings. The Morgan fingerprint density at radius 2 is 2.07 bits per heavy atom. The topological polar surface area (TPSA) is 46.2 Å². The largest absolute Gasteiger partial charge is 0.394 e. The number of rotatable bonds is 2. The Morgan fingerprint density at radius 3 is 2.79 bits per heavy atom. The molecule has 2 nitrogen and oxygen atoms in total. The number of nitrogens with two attached hydrogens (primary N) is 1. The molecule has 3 N–H and O–H groups in total. The third-order valence-electron chi connectivity index (χ3n) is 2.11. The maximum absolute atomic E-state index is 8.95. The molecule has 2 aromatic rings. The molecule has 0 fully saturated rings. The van der Waals surface area contributed by atoms with Crippen molar-refractivity contribution < 1.29 is 5.11 Å². The van der Waals surface area contributed by atoms with Crippen LogP contribution in [0.1, 0.15) is 11.6 Å². The Hall–Kier alpha value is -0.610. The van der Waals surface area contributed by atoms with E-state index in [1.54, 1.807) is 11.3 Å². The lowest BCUT2D eigenvalue weighted by atomic mass is 10.1. The highest BCUT2D eigenvalue weighted by atomic mass is 35.5. The number of aliphatic hydroxyl groups is 1. The van der Waals surface area contributed by atoms with E-state index < -0.39 is 0 Å². The molecule has 76 valence electrons. The summed E-state index contributed by atoms with van der Waals surface area (Å²) in [7, 11) is 0. The van der Waals surface area contributed by atoms with E-state index in [-0.39, 0.29) is 25.1 Å². The zero-order chi connectivity index (χ0) is 9.26. The first-order valence-corrected chi connectivity index (χ1v) is 5.03. The van der Waals surface area contributed by atoms with E-state index in [4.69, 9.17) is 10.8 Å². The molecular formula is C10H12ClNOS. The highest BCUT2D eigenvalue weighted by molar-refractivity contribution is 7.17. The van der Waals surface area contributed by atoms with E-state index >= 15 is 0 Å². The summed E-state index contributed by atoms with van der Waals surface area (Å²) in [5.74, 6) is 0. The number of benzene rings is 1. The summed E-state index contributed by atoms with van der Waals surface area (Å²) in [5, 5.41) is 12.1. The monoisotopic (exact) mass is 229 g/mol. The SMILES string of the molecule is Cl.N[C@@H](CO)c1csc2ccccc12. The summed E-state index contributed by atoms with van der Waals surface area (Å²) in [5.41, 5.74) is 6.81. The van der Waals surface area contributed by atoms with Gasteiger partial charge in [0.1, 0.15) is 0 Å². The lowest BCUT2D eigenvalue weighted by Gasteiger charge is -2.05. The van der Waals surface area contributed by atoms with Crippen LogP contribution in [0.2, 0.25) is 0 Å². The second-order valence-corrected chi connectivity index (χ2v) is 3.89. The first kappa shape index (κ1) is 11.5. The van der Waals surface area contributed by atoms with Crippen LogP contribution in [0.4, 0.5) is 0 Å². The average molecular weight is 230 g/mol. The molecule has 14 heavy (non-hydrogen) atoms. The van der Waals surface area contributed by atoms with Gasteiger partial charge in [0.15, 0.2) is 0 Å². The summed E-state index contributed by atoms with van der Waals surface area (Å²) in [6.07, 6.45) is 0. The minimum absolute atomic E-state index is 0. The van der Waals surface area contributed by atoms with Gasteiger partial charge in [-0.15, -0.1) is 23.7 Å². The molecule has 1 aromatic heterocycles. The molecular weight excluding hydrogens is 218 g/mol. The van der Waals surface area contributed by atoms with Crippen LogP contribution >= 0.6 is 23.7 Å². The van der Waals surface area contributed by atoms with Crippen LogP contribution in [0, 0.1) is 0 Å². The van der Waals surface area contributed by atoms with Crippen LogP contribution in [-0.4, -0.2) is 11.7 Å². The van der Waals surface area contributed by atoms with Gasteiger partial charge < -0.3 is 10.8 Å². The summed E-state index contributed by atoms with van der Waals surface area (Å²) in [6, 6.07) is 7.84. The van der Waals surface area contributed by atoms with Gasteiger partial charge in [-0.05, 0) is 22.4 Å². The van der Waals surface area contributed by atoms with Gasteiger partial charge in [-0.3, -0.25) is 0 Å². The highest BCUT2D eigenvalue weighted by Gasteiger charge is 2.09. The zero-order valence-electron chi connectivity index (χ0n) is 7.51. The van der Waals surface area contributed by atoms with Gasteiger partial charge in [-0.25, -0.2) is 0 Å².